The van der Waals surface area contributed by atoms with Crippen LogP contribution in [0.15, 0.2) is 24.3 Å². The Bertz CT molecular complexity index is 280. The first-order valence-corrected chi connectivity index (χ1v) is 4.48. The van der Waals surface area contributed by atoms with E-state index in [0.29, 0.717) is 18.4 Å². The first kappa shape index (κ1) is 7.81. The van der Waals surface area contributed by atoms with E-state index in [1.807, 2.05) is 0 Å². The molecule has 1 aliphatic rings. The van der Waals surface area contributed by atoms with E-state index >= 15 is 0 Å². The average molecular weight is 162 g/mol. The van der Waals surface area contributed by atoms with Crippen LogP contribution >= 0.6 is 0 Å². The summed E-state index contributed by atoms with van der Waals surface area (Å²) >= 11 is 0. The molecule has 0 bridgehead atoms. The van der Waals surface area contributed by atoms with Crippen molar-refractivity contribution in [1.29, 1.82) is 0 Å². The van der Waals surface area contributed by atoms with E-state index in [9.17, 15) is 0 Å². The normalized spacial score (nSPS) is 27.2. The van der Waals surface area contributed by atoms with E-state index in [0.717, 1.165) is 0 Å². The molecule has 1 aliphatic carbocycles. The van der Waals surface area contributed by atoms with Crippen molar-refractivity contribution < 1.29 is 5.11 Å². The zero-order valence-electron chi connectivity index (χ0n) is 7.33. The summed E-state index contributed by atoms with van der Waals surface area (Å²) in [6.07, 6.45) is 1.17. The summed E-state index contributed by atoms with van der Waals surface area (Å²) in [6.45, 7) is 2.46. The van der Waals surface area contributed by atoms with Crippen molar-refractivity contribution >= 4 is 0 Å². The second kappa shape index (κ2) is 2.91. The molecule has 2 unspecified atom stereocenters. The predicted molar refractivity (Wildman–Crippen MR) is 49.1 cm³/mol. The van der Waals surface area contributed by atoms with Crippen molar-refractivity contribution in [3.63, 3.8) is 0 Å². The van der Waals surface area contributed by atoms with Gasteiger partial charge in [-0.15, -0.1) is 0 Å². The van der Waals surface area contributed by atoms with Crippen LogP contribution < -0.4 is 0 Å². The van der Waals surface area contributed by atoms with Crippen LogP contribution in [0.25, 0.3) is 0 Å². The molecular formula is C11H14O. The lowest BCUT2D eigenvalue weighted by atomic mass is 10.1. The highest BCUT2D eigenvalue weighted by Crippen LogP contribution is 2.46. The van der Waals surface area contributed by atoms with Crippen LogP contribution in [0, 0.1) is 12.8 Å². The second-order valence-corrected chi connectivity index (χ2v) is 3.70. The Morgan fingerprint density at radius 3 is 2.92 bits per heavy atom. The molecule has 64 valence electrons. The Labute approximate surface area is 73.0 Å². The van der Waals surface area contributed by atoms with Crippen molar-refractivity contribution in [2.75, 3.05) is 6.61 Å². The average Bonchev–Trinajstić information content (AvgIpc) is 2.83. The predicted octanol–water partition coefficient (Wildman–Crippen LogP) is 2.09. The topological polar surface area (TPSA) is 20.2 Å². The zero-order valence-corrected chi connectivity index (χ0v) is 7.33. The third kappa shape index (κ3) is 1.37. The highest BCUT2D eigenvalue weighted by Gasteiger charge is 2.37. The molecule has 1 aromatic rings. The minimum Gasteiger partial charge on any atom is -0.396 e. The standard InChI is InChI=1S/C11H14O/c1-8-3-2-4-9(5-8)11-6-10(11)7-12/h2-5,10-12H,6-7H2,1H3. The van der Waals surface area contributed by atoms with E-state index in [1.54, 1.807) is 0 Å². The number of rotatable bonds is 2. The summed E-state index contributed by atoms with van der Waals surface area (Å²) in [7, 11) is 0. The van der Waals surface area contributed by atoms with Crippen molar-refractivity contribution in [1.82, 2.24) is 0 Å². The van der Waals surface area contributed by atoms with Crippen LogP contribution in [0.5, 0.6) is 0 Å². The largest absolute Gasteiger partial charge is 0.396 e. The van der Waals surface area contributed by atoms with E-state index in [4.69, 9.17) is 5.11 Å². The molecule has 0 radical (unpaired) electrons. The van der Waals surface area contributed by atoms with Gasteiger partial charge in [0.05, 0.1) is 0 Å². The van der Waals surface area contributed by atoms with Crippen molar-refractivity contribution in [2.45, 2.75) is 19.3 Å². The molecule has 0 spiro atoms. The summed E-state index contributed by atoms with van der Waals surface area (Å²) in [4.78, 5) is 0. The fourth-order valence-electron chi connectivity index (χ4n) is 1.76. The fraction of sp³-hybridized carbons (Fsp3) is 0.455. The molecule has 2 rings (SSSR count). The smallest absolute Gasteiger partial charge is 0.0465 e. The van der Waals surface area contributed by atoms with E-state index in [-0.39, 0.29) is 0 Å². The van der Waals surface area contributed by atoms with Gasteiger partial charge in [-0.2, -0.15) is 0 Å². The molecule has 12 heavy (non-hydrogen) atoms. The Kier molecular flexibility index (Phi) is 1.89. The summed E-state index contributed by atoms with van der Waals surface area (Å²) < 4.78 is 0. The molecule has 0 aromatic heterocycles. The minimum atomic E-state index is 0.346. The first-order valence-electron chi connectivity index (χ1n) is 4.48. The van der Waals surface area contributed by atoms with Crippen LogP contribution in [-0.2, 0) is 0 Å². The maximum Gasteiger partial charge on any atom is 0.0465 e. The molecule has 0 aliphatic heterocycles. The summed E-state index contributed by atoms with van der Waals surface area (Å²) in [6, 6.07) is 8.59. The molecule has 1 N–H and O–H groups in total. The lowest BCUT2D eigenvalue weighted by Crippen LogP contribution is -1.88. The third-order valence-corrected chi connectivity index (χ3v) is 2.63. The lowest BCUT2D eigenvalue weighted by molar-refractivity contribution is 0.274. The fourth-order valence-corrected chi connectivity index (χ4v) is 1.76. The van der Waals surface area contributed by atoms with Gasteiger partial charge in [-0.25, -0.2) is 0 Å². The molecule has 1 nitrogen and oxygen atoms in total. The number of benzene rings is 1. The maximum absolute atomic E-state index is 8.91. The van der Waals surface area contributed by atoms with Gasteiger partial charge in [-0.1, -0.05) is 29.8 Å². The first-order chi connectivity index (χ1) is 5.81. The molecule has 1 fully saturated rings. The Balaban J connectivity index is 2.14. The molecule has 2 atom stereocenters. The highest BCUT2D eigenvalue weighted by molar-refractivity contribution is 5.29. The van der Waals surface area contributed by atoms with Gasteiger partial charge in [0.15, 0.2) is 0 Å². The van der Waals surface area contributed by atoms with E-state index in [2.05, 4.69) is 31.2 Å². The quantitative estimate of drug-likeness (QED) is 0.706. The molecule has 0 amide bonds. The van der Waals surface area contributed by atoms with Gasteiger partial charge in [-0.3, -0.25) is 0 Å². The highest BCUT2D eigenvalue weighted by atomic mass is 16.3. The Hall–Kier alpha value is -0.820. The van der Waals surface area contributed by atoms with E-state index < -0.39 is 0 Å². The number of aliphatic hydroxyl groups is 1. The van der Waals surface area contributed by atoms with Crippen molar-refractivity contribution in [3.8, 4) is 0 Å². The Morgan fingerprint density at radius 2 is 2.33 bits per heavy atom. The molecule has 1 saturated carbocycles. The number of hydrogen-bond donors (Lipinski definition) is 1. The number of aryl methyl sites for hydroxylation is 1. The van der Waals surface area contributed by atoms with Crippen LogP contribution in [0.1, 0.15) is 23.5 Å². The number of aliphatic hydroxyl groups excluding tert-OH is 1. The van der Waals surface area contributed by atoms with Gasteiger partial charge >= 0.3 is 0 Å². The van der Waals surface area contributed by atoms with Crippen LogP contribution in [0.4, 0.5) is 0 Å². The summed E-state index contributed by atoms with van der Waals surface area (Å²) in [5.41, 5.74) is 2.71. The summed E-state index contributed by atoms with van der Waals surface area (Å²) in [5, 5.41) is 8.91. The van der Waals surface area contributed by atoms with E-state index in [1.165, 1.54) is 17.5 Å². The molecule has 0 saturated heterocycles. The Morgan fingerprint density at radius 1 is 1.50 bits per heavy atom. The second-order valence-electron chi connectivity index (χ2n) is 3.70. The van der Waals surface area contributed by atoms with Gasteiger partial charge in [0, 0.05) is 6.61 Å². The van der Waals surface area contributed by atoms with Gasteiger partial charge in [0.2, 0.25) is 0 Å². The monoisotopic (exact) mass is 162 g/mol. The van der Waals surface area contributed by atoms with Gasteiger partial charge in [0.1, 0.15) is 0 Å². The molecule has 1 heteroatoms. The van der Waals surface area contributed by atoms with Gasteiger partial charge in [-0.05, 0) is 30.7 Å². The molecule has 1 aromatic carbocycles. The lowest BCUT2D eigenvalue weighted by Gasteiger charge is -1.99. The van der Waals surface area contributed by atoms with Crippen LogP contribution in [-0.4, -0.2) is 11.7 Å². The van der Waals surface area contributed by atoms with Crippen molar-refractivity contribution in [2.24, 2.45) is 5.92 Å². The van der Waals surface area contributed by atoms with Gasteiger partial charge in [0.25, 0.3) is 0 Å². The summed E-state index contributed by atoms with van der Waals surface area (Å²) in [5.74, 6) is 1.17. The van der Waals surface area contributed by atoms with Crippen molar-refractivity contribution in [3.05, 3.63) is 35.4 Å². The van der Waals surface area contributed by atoms with Crippen LogP contribution in [0.2, 0.25) is 0 Å². The SMILES string of the molecule is Cc1cccc(C2CC2CO)c1. The maximum atomic E-state index is 8.91. The molecule has 0 heterocycles. The third-order valence-electron chi connectivity index (χ3n) is 2.63. The minimum absolute atomic E-state index is 0.346. The number of hydrogen-bond acceptors (Lipinski definition) is 1. The van der Waals surface area contributed by atoms with Crippen LogP contribution in [0.3, 0.4) is 0 Å². The zero-order chi connectivity index (χ0) is 8.55. The molecular weight excluding hydrogens is 148 g/mol. The van der Waals surface area contributed by atoms with Gasteiger partial charge < -0.3 is 5.11 Å².